The van der Waals surface area contributed by atoms with E-state index in [1.165, 1.54) is 14.2 Å². The van der Waals surface area contributed by atoms with Gasteiger partial charge in [-0.3, -0.25) is 4.79 Å². The van der Waals surface area contributed by atoms with Crippen molar-refractivity contribution in [2.45, 2.75) is 179 Å². The fourth-order valence-corrected chi connectivity index (χ4v) is 9.29. The number of carbonyl (C=O) groups is 2. The Hall–Kier alpha value is -7.26. The van der Waals surface area contributed by atoms with Crippen LogP contribution in [0, 0.1) is 32.1 Å². The summed E-state index contributed by atoms with van der Waals surface area (Å²) < 4.78 is 93.8. The maximum absolute atomic E-state index is 13.5. The molecule has 6 heterocycles. The van der Waals surface area contributed by atoms with Crippen molar-refractivity contribution in [3.05, 3.63) is 107 Å². The van der Waals surface area contributed by atoms with Gasteiger partial charge >= 0.3 is 11.4 Å². The van der Waals surface area contributed by atoms with Gasteiger partial charge in [-0.2, -0.15) is 20.6 Å². The van der Waals surface area contributed by atoms with Crippen molar-refractivity contribution >= 4 is 40.5 Å². The highest BCUT2D eigenvalue weighted by atomic mass is 35.5. The lowest BCUT2D eigenvalue weighted by Crippen LogP contribution is -2.33. The van der Waals surface area contributed by atoms with Gasteiger partial charge in [0, 0.05) is 104 Å². The Kier molecular flexibility index (Phi) is 21.2. The minimum atomic E-state index is -2.58. The van der Waals surface area contributed by atoms with E-state index in [0.29, 0.717) is 79.0 Å². The average Bonchev–Trinajstić information content (AvgIpc) is 4.27. The van der Waals surface area contributed by atoms with Crippen LogP contribution in [0.1, 0.15) is 145 Å². The highest BCUT2D eigenvalue weighted by Crippen LogP contribution is 2.38. The number of nitrogens with two attached hydrogens (primary N) is 1. The first kappa shape index (κ1) is 63.9. The molecule has 3 aliphatic carbocycles. The number of hydrogen-bond acceptors (Lipinski definition) is 15. The maximum atomic E-state index is 13.5. The molecule has 0 amide bonds. The first-order valence-electron chi connectivity index (χ1n) is 27.0. The molecule has 0 radical (unpaired) electrons. The first-order valence-corrected chi connectivity index (χ1v) is 27.4. The summed E-state index contributed by atoms with van der Waals surface area (Å²) in [5, 5.41) is 32.1. The normalized spacial score (nSPS) is 17.0. The second-order valence-electron chi connectivity index (χ2n) is 22.2. The SMILES string of the molecule is COC(=O)CC(C)(C)c1cc(NC2CCC(F)(F)CC2)nc(-n2ccc(C)n2)c1.COC(=O)Cl.Cc1ccn(-c2cc(C#N)cc(NC3CCC(F)(F)CC3)n2)n1.Cc1ccn(-c2cc(C(C)(C)N)cc(NC3CCC(F)(F)CC3)n2)n1. The van der Waals surface area contributed by atoms with Crippen LogP contribution in [0.25, 0.3) is 17.5 Å². The molecule has 0 atom stereocenters. The predicted octanol–water partition coefficient (Wildman–Crippen LogP) is 12.6. The molecule has 5 N–H and O–H groups in total. The second kappa shape index (κ2) is 27.2. The van der Waals surface area contributed by atoms with E-state index in [0.717, 1.165) is 28.2 Å². The van der Waals surface area contributed by atoms with Crippen molar-refractivity contribution < 1.29 is 45.4 Å². The molecular formula is C57H73ClF6N14O4. The van der Waals surface area contributed by atoms with Gasteiger partial charge in [0.15, 0.2) is 17.5 Å². The van der Waals surface area contributed by atoms with Gasteiger partial charge in [-0.05, 0) is 133 Å². The third-order valence-electron chi connectivity index (χ3n) is 14.1. The highest BCUT2D eigenvalue weighted by Gasteiger charge is 2.37. The number of aromatic nitrogens is 9. The van der Waals surface area contributed by atoms with Gasteiger partial charge in [0.1, 0.15) is 17.5 Å². The molecule has 82 heavy (non-hydrogen) atoms. The number of esters is 1. The zero-order chi connectivity index (χ0) is 60.2. The molecular weight excluding hydrogens is 1090 g/mol. The molecule has 0 bridgehead atoms. The quantitative estimate of drug-likeness (QED) is 0.0479. The van der Waals surface area contributed by atoms with Crippen molar-refractivity contribution in [3.63, 3.8) is 0 Å². The Balaban J connectivity index is 0.000000191. The standard InChI is InChI=1S/C21H28F2N4O2.C18H25F2N5.C16H17F2N5.C2H3ClO2/c1-14-7-10-27(26-14)18-12-15(20(2,3)13-19(28)29-4)11-17(25-18)24-16-5-8-21(22,23)9-6-16;1-12-6-9-25(24-12)16-11-13(17(2,3)21)10-15(23-16)22-14-4-7-18(19,20)8-5-14;1-11-4-7-23(22-11)15-9-12(10-19)8-14(21-15)20-13-2-5-16(17,18)6-3-13;1-5-2(3)4/h7,10-12,16H,5-6,8-9,13H2,1-4H3,(H,24,25);6,9-11,14H,4-5,7-8,21H2,1-3H3,(H,22,23);4,7-9,13H,2-3,5-6H2,1H3,(H,20,21);1H3. The third-order valence-corrected chi connectivity index (χ3v) is 14.3. The highest BCUT2D eigenvalue weighted by molar-refractivity contribution is 6.61. The fraction of sp³-hybridized carbons (Fsp3) is 0.526. The number of rotatable bonds is 13. The minimum absolute atomic E-state index is 0.00420. The minimum Gasteiger partial charge on any atom is -0.469 e. The number of carbonyl (C=O) groups excluding carboxylic acids is 2. The Morgan fingerprint density at radius 2 is 0.939 bits per heavy atom. The Morgan fingerprint density at radius 1 is 0.610 bits per heavy atom. The zero-order valence-electron chi connectivity index (χ0n) is 47.7. The van der Waals surface area contributed by atoms with E-state index in [2.05, 4.69) is 68.6 Å². The number of alkyl halides is 6. The molecule has 0 unspecified atom stereocenters. The summed E-state index contributed by atoms with van der Waals surface area (Å²) in [4.78, 5) is 34.9. The van der Waals surface area contributed by atoms with Crippen molar-refractivity contribution in [1.82, 2.24) is 44.3 Å². The van der Waals surface area contributed by atoms with Crippen molar-refractivity contribution in [3.8, 4) is 23.5 Å². The molecule has 3 aliphatic rings. The Bertz CT molecular complexity index is 3120. The van der Waals surface area contributed by atoms with Gasteiger partial charge in [0.2, 0.25) is 17.8 Å². The summed E-state index contributed by atoms with van der Waals surface area (Å²) in [6.07, 6.45) is 7.41. The molecule has 0 aromatic carbocycles. The summed E-state index contributed by atoms with van der Waals surface area (Å²) >= 11 is 4.60. The van der Waals surface area contributed by atoms with Gasteiger partial charge in [-0.25, -0.2) is 60.1 Å². The van der Waals surface area contributed by atoms with Gasteiger partial charge in [-0.1, -0.05) is 13.8 Å². The smallest absolute Gasteiger partial charge is 0.403 e. The number of ether oxygens (including phenoxy) is 2. The van der Waals surface area contributed by atoms with E-state index in [1.54, 1.807) is 32.4 Å². The zero-order valence-corrected chi connectivity index (χ0v) is 48.4. The maximum Gasteiger partial charge on any atom is 0.403 e. The number of pyridine rings is 3. The number of nitrogens with zero attached hydrogens (tertiary/aromatic N) is 10. The van der Waals surface area contributed by atoms with Crippen LogP contribution in [0.5, 0.6) is 0 Å². The molecule has 18 nitrogen and oxygen atoms in total. The lowest BCUT2D eigenvalue weighted by Gasteiger charge is -2.30. The molecule has 3 fully saturated rings. The molecule has 6 aromatic rings. The van der Waals surface area contributed by atoms with Gasteiger partial charge < -0.3 is 31.2 Å². The largest absolute Gasteiger partial charge is 0.469 e. The van der Waals surface area contributed by atoms with Gasteiger partial charge in [-0.15, -0.1) is 0 Å². The number of nitrogens with one attached hydrogen (secondary N) is 3. The first-order chi connectivity index (χ1) is 38.4. The predicted molar refractivity (Wildman–Crippen MR) is 301 cm³/mol. The molecule has 0 saturated heterocycles. The Labute approximate surface area is 478 Å². The van der Waals surface area contributed by atoms with E-state index in [-0.39, 0.29) is 69.0 Å². The van der Waals surface area contributed by atoms with Crippen LogP contribution in [0.3, 0.4) is 0 Å². The van der Waals surface area contributed by atoms with E-state index >= 15 is 0 Å². The number of nitriles is 1. The summed E-state index contributed by atoms with van der Waals surface area (Å²) in [6, 6.07) is 18.5. The molecule has 25 heteroatoms. The van der Waals surface area contributed by atoms with E-state index in [9.17, 15) is 41.2 Å². The third kappa shape index (κ3) is 19.4. The summed E-state index contributed by atoms with van der Waals surface area (Å²) in [5.74, 6) is -4.41. The van der Waals surface area contributed by atoms with Crippen molar-refractivity contribution in [1.29, 1.82) is 5.26 Å². The van der Waals surface area contributed by atoms with Crippen LogP contribution in [0.15, 0.2) is 73.2 Å². The van der Waals surface area contributed by atoms with Crippen LogP contribution in [0.2, 0.25) is 0 Å². The molecule has 6 aromatic heterocycles. The lowest BCUT2D eigenvalue weighted by molar-refractivity contribution is -0.141. The molecule has 3 saturated carbocycles. The lowest BCUT2D eigenvalue weighted by atomic mass is 9.82. The summed E-state index contributed by atoms with van der Waals surface area (Å²) in [7, 11) is 2.59. The van der Waals surface area contributed by atoms with Crippen molar-refractivity contribution in [2.24, 2.45) is 5.73 Å². The van der Waals surface area contributed by atoms with Crippen LogP contribution in [-0.4, -0.2) is 106 Å². The molecule has 444 valence electrons. The van der Waals surface area contributed by atoms with E-state index in [4.69, 9.17) is 10.5 Å². The van der Waals surface area contributed by atoms with Crippen LogP contribution >= 0.6 is 11.6 Å². The number of methoxy groups -OCH3 is 2. The number of anilines is 3. The van der Waals surface area contributed by atoms with E-state index < -0.39 is 34.1 Å². The fourth-order valence-electron chi connectivity index (χ4n) is 9.29. The number of hydrogen-bond donors (Lipinski definition) is 4. The monoisotopic (exact) mass is 1170 g/mol. The van der Waals surface area contributed by atoms with E-state index in [1.807, 2.05) is 103 Å². The topological polar surface area (TPSA) is 231 Å². The second-order valence-corrected chi connectivity index (χ2v) is 22.5. The van der Waals surface area contributed by atoms with Gasteiger partial charge in [0.05, 0.1) is 49.4 Å². The van der Waals surface area contributed by atoms with Crippen molar-refractivity contribution in [2.75, 3.05) is 30.2 Å². The van der Waals surface area contributed by atoms with Gasteiger partial charge in [0.25, 0.3) is 0 Å². The number of halogens is 7. The summed E-state index contributed by atoms with van der Waals surface area (Å²) in [6.45, 7) is 13.4. The van der Waals surface area contributed by atoms with Crippen LogP contribution in [-0.2, 0) is 25.2 Å². The Morgan fingerprint density at radius 3 is 1.24 bits per heavy atom. The molecule has 0 spiro atoms. The number of aryl methyl sites for hydroxylation is 3. The van der Waals surface area contributed by atoms with Crippen LogP contribution in [0.4, 0.5) is 48.6 Å². The molecule has 0 aliphatic heterocycles. The summed E-state index contributed by atoms with van der Waals surface area (Å²) in [5.41, 5.74) is 9.30. The van der Waals surface area contributed by atoms with Crippen LogP contribution < -0.4 is 21.7 Å². The average molecular weight is 1170 g/mol. The molecule has 9 rings (SSSR count).